The van der Waals surface area contributed by atoms with Crippen molar-refractivity contribution < 1.29 is 18.7 Å². The van der Waals surface area contributed by atoms with Crippen molar-refractivity contribution >= 4 is 29.1 Å². The fourth-order valence-electron chi connectivity index (χ4n) is 4.32. The highest BCUT2D eigenvalue weighted by Crippen LogP contribution is 2.29. The molecule has 2 atom stereocenters. The zero-order valence-electron chi connectivity index (χ0n) is 20.3. The Kier molecular flexibility index (Phi) is 8.23. The number of piperazine rings is 1. The van der Waals surface area contributed by atoms with Crippen LogP contribution in [0.1, 0.15) is 29.8 Å². The maximum Gasteiger partial charge on any atom is 0.260 e. The summed E-state index contributed by atoms with van der Waals surface area (Å²) in [7, 11) is 0. The number of rotatable bonds is 7. The molecule has 1 aliphatic rings. The molecule has 6 nitrogen and oxygen atoms in total. The molecule has 0 spiro atoms. The largest absolute Gasteiger partial charge is 0.482 e. The molecule has 1 heterocycles. The Hall–Kier alpha value is -3.42. The van der Waals surface area contributed by atoms with Crippen LogP contribution in [0.15, 0.2) is 72.8 Å². The monoisotopic (exact) mass is 509 g/mol. The molecular formula is C28H29ClFN3O3. The van der Waals surface area contributed by atoms with Crippen LogP contribution in [0, 0.1) is 5.82 Å². The zero-order valence-corrected chi connectivity index (χ0v) is 21.0. The van der Waals surface area contributed by atoms with E-state index in [2.05, 4.69) is 17.1 Å². The van der Waals surface area contributed by atoms with Gasteiger partial charge in [0.2, 0.25) is 0 Å². The number of nitrogens with zero attached hydrogens (tertiary/aromatic N) is 2. The minimum atomic E-state index is -0.297. The molecule has 0 aliphatic carbocycles. The van der Waals surface area contributed by atoms with Crippen LogP contribution in [0.3, 0.4) is 0 Å². The number of hydrogen-bond acceptors (Lipinski definition) is 4. The third-order valence-electron chi connectivity index (χ3n) is 6.31. The average Bonchev–Trinajstić information content (AvgIpc) is 2.87. The molecule has 0 bridgehead atoms. The topological polar surface area (TPSA) is 61.9 Å². The predicted octanol–water partition coefficient (Wildman–Crippen LogP) is 5.23. The Balaban J connectivity index is 1.37. The highest BCUT2D eigenvalue weighted by molar-refractivity contribution is 6.31. The van der Waals surface area contributed by atoms with Crippen LogP contribution in [0.25, 0.3) is 0 Å². The fraction of sp³-hybridized carbons (Fsp3) is 0.286. The number of ether oxygens (including phenoxy) is 1. The van der Waals surface area contributed by atoms with Crippen molar-refractivity contribution in [2.75, 3.05) is 25.0 Å². The van der Waals surface area contributed by atoms with Crippen LogP contribution in [0.2, 0.25) is 5.02 Å². The molecule has 36 heavy (non-hydrogen) atoms. The predicted molar refractivity (Wildman–Crippen MR) is 139 cm³/mol. The molecule has 0 unspecified atom stereocenters. The van der Waals surface area contributed by atoms with E-state index in [1.165, 1.54) is 12.1 Å². The lowest BCUT2D eigenvalue weighted by Gasteiger charge is -2.44. The maximum atomic E-state index is 13.2. The second-order valence-corrected chi connectivity index (χ2v) is 9.49. The van der Waals surface area contributed by atoms with Crippen molar-refractivity contribution in [2.45, 2.75) is 32.5 Å². The lowest BCUT2D eigenvalue weighted by molar-refractivity contribution is -0.139. The highest BCUT2D eigenvalue weighted by Gasteiger charge is 2.32. The van der Waals surface area contributed by atoms with Gasteiger partial charge < -0.3 is 15.0 Å². The Bertz CT molecular complexity index is 1210. The van der Waals surface area contributed by atoms with Crippen molar-refractivity contribution in [3.63, 3.8) is 0 Å². The maximum absolute atomic E-state index is 13.2. The summed E-state index contributed by atoms with van der Waals surface area (Å²) in [5.41, 5.74) is 1.93. The summed E-state index contributed by atoms with van der Waals surface area (Å²) in [5, 5.41) is 3.26. The zero-order chi connectivity index (χ0) is 25.7. The molecule has 3 aromatic rings. The van der Waals surface area contributed by atoms with Gasteiger partial charge in [0.05, 0.1) is 5.69 Å². The number of carbonyl (C=O) groups is 2. The van der Waals surface area contributed by atoms with Gasteiger partial charge in [-0.05, 0) is 61.9 Å². The summed E-state index contributed by atoms with van der Waals surface area (Å²) in [5.74, 6) is -0.313. The summed E-state index contributed by atoms with van der Waals surface area (Å²) in [6.07, 6.45) is 0. The molecule has 188 valence electrons. The number of carbonyl (C=O) groups excluding carboxylic acids is 2. The van der Waals surface area contributed by atoms with E-state index in [1.807, 2.05) is 17.9 Å². The standard InChI is InChI=1S/C28H29ClFN3O3/c1-19-16-33(20(2)15-32(19)17-21-8-11-24(30)12-9-21)27(34)18-36-26-13-10-23(29)14-25(26)31-28(35)22-6-4-3-5-7-22/h3-14,19-20H,15-18H2,1-2H3,(H,31,35)/t19-,20+/m1/s1. The second kappa shape index (κ2) is 11.5. The summed E-state index contributed by atoms with van der Waals surface area (Å²) in [4.78, 5) is 29.8. The normalized spacial score (nSPS) is 18.1. The molecule has 0 aromatic heterocycles. The van der Waals surface area contributed by atoms with Crippen molar-refractivity contribution in [1.82, 2.24) is 9.80 Å². The summed E-state index contributed by atoms with van der Waals surface area (Å²) < 4.78 is 19.1. The molecule has 8 heteroatoms. The number of halogens is 2. The number of hydrogen-bond donors (Lipinski definition) is 1. The molecular weight excluding hydrogens is 481 g/mol. The number of nitrogens with one attached hydrogen (secondary N) is 1. The van der Waals surface area contributed by atoms with E-state index in [1.54, 1.807) is 54.6 Å². The van der Waals surface area contributed by atoms with Crippen LogP contribution in [-0.4, -0.2) is 53.4 Å². The fourth-order valence-corrected chi connectivity index (χ4v) is 4.49. The molecule has 3 aromatic carbocycles. The van der Waals surface area contributed by atoms with E-state index in [4.69, 9.17) is 16.3 Å². The van der Waals surface area contributed by atoms with E-state index < -0.39 is 0 Å². The molecule has 0 radical (unpaired) electrons. The van der Waals surface area contributed by atoms with Gasteiger partial charge in [0.25, 0.3) is 11.8 Å². The number of anilines is 1. The van der Waals surface area contributed by atoms with E-state index in [9.17, 15) is 14.0 Å². The van der Waals surface area contributed by atoms with Gasteiger partial charge in [0, 0.05) is 42.3 Å². The van der Waals surface area contributed by atoms with Crippen LogP contribution < -0.4 is 10.1 Å². The van der Waals surface area contributed by atoms with Gasteiger partial charge in [0.1, 0.15) is 11.6 Å². The van der Waals surface area contributed by atoms with Crippen molar-refractivity contribution in [2.24, 2.45) is 0 Å². The highest BCUT2D eigenvalue weighted by atomic mass is 35.5. The molecule has 1 saturated heterocycles. The Morgan fingerprint density at radius 1 is 1.00 bits per heavy atom. The van der Waals surface area contributed by atoms with Crippen molar-refractivity contribution in [3.8, 4) is 5.75 Å². The number of benzene rings is 3. The molecule has 2 amide bonds. The van der Waals surface area contributed by atoms with E-state index in [0.29, 0.717) is 41.7 Å². The van der Waals surface area contributed by atoms with Crippen molar-refractivity contribution in [3.05, 3.63) is 94.8 Å². The van der Waals surface area contributed by atoms with Gasteiger partial charge in [-0.15, -0.1) is 0 Å². The quantitative estimate of drug-likeness (QED) is 0.473. The third kappa shape index (κ3) is 6.42. The Morgan fingerprint density at radius 2 is 1.72 bits per heavy atom. The first-order valence-electron chi connectivity index (χ1n) is 11.9. The van der Waals surface area contributed by atoms with Crippen LogP contribution in [0.4, 0.5) is 10.1 Å². The van der Waals surface area contributed by atoms with Crippen LogP contribution in [-0.2, 0) is 11.3 Å². The summed E-state index contributed by atoms with van der Waals surface area (Å²) >= 11 is 6.14. The van der Waals surface area contributed by atoms with E-state index in [0.717, 1.165) is 5.56 Å². The molecule has 1 N–H and O–H groups in total. The SMILES string of the molecule is C[C@@H]1CN(C(=O)COc2ccc(Cl)cc2NC(=O)c2ccccc2)[C@@H](C)CN1Cc1ccc(F)cc1. The Morgan fingerprint density at radius 3 is 2.44 bits per heavy atom. The summed E-state index contributed by atoms with van der Waals surface area (Å²) in [6, 6.07) is 20.3. The van der Waals surface area contributed by atoms with Gasteiger partial charge >= 0.3 is 0 Å². The minimum absolute atomic E-state index is 0.0137. The molecule has 1 aliphatic heterocycles. The van der Waals surface area contributed by atoms with Gasteiger partial charge in [-0.1, -0.05) is 41.9 Å². The van der Waals surface area contributed by atoms with Gasteiger partial charge in [-0.25, -0.2) is 4.39 Å². The molecule has 0 saturated carbocycles. The third-order valence-corrected chi connectivity index (χ3v) is 6.55. The van der Waals surface area contributed by atoms with Crippen molar-refractivity contribution in [1.29, 1.82) is 0 Å². The first-order chi connectivity index (χ1) is 17.3. The molecule has 4 rings (SSSR count). The summed E-state index contributed by atoms with van der Waals surface area (Å²) in [6.45, 7) is 5.87. The van der Waals surface area contributed by atoms with E-state index in [-0.39, 0.29) is 36.3 Å². The van der Waals surface area contributed by atoms with Gasteiger partial charge in [-0.3, -0.25) is 14.5 Å². The lowest BCUT2D eigenvalue weighted by Crippen LogP contribution is -2.58. The average molecular weight is 510 g/mol. The first-order valence-corrected chi connectivity index (χ1v) is 12.2. The molecule has 1 fully saturated rings. The minimum Gasteiger partial charge on any atom is -0.482 e. The van der Waals surface area contributed by atoms with Crippen LogP contribution in [0.5, 0.6) is 5.75 Å². The van der Waals surface area contributed by atoms with Gasteiger partial charge in [-0.2, -0.15) is 0 Å². The van der Waals surface area contributed by atoms with Gasteiger partial charge in [0.15, 0.2) is 6.61 Å². The second-order valence-electron chi connectivity index (χ2n) is 9.05. The van der Waals surface area contributed by atoms with E-state index >= 15 is 0 Å². The lowest BCUT2D eigenvalue weighted by atomic mass is 10.1. The smallest absolute Gasteiger partial charge is 0.260 e. The first kappa shape index (κ1) is 25.7. The Labute approximate surface area is 215 Å². The van der Waals surface area contributed by atoms with Crippen LogP contribution >= 0.6 is 11.6 Å². The number of amides is 2.